The Morgan fingerprint density at radius 3 is 1.93 bits per heavy atom. The normalized spacial score (nSPS) is 10.2. The van der Waals surface area contributed by atoms with Crippen molar-refractivity contribution in [1.82, 2.24) is 5.32 Å². The van der Waals surface area contributed by atoms with Crippen molar-refractivity contribution in [2.75, 3.05) is 25.9 Å². The smallest absolute Gasteiger partial charge is 0.336 e. The van der Waals surface area contributed by atoms with E-state index in [-0.39, 0.29) is 6.61 Å². The fourth-order valence-electron chi connectivity index (χ4n) is 0.625. The number of nitrogens with one attached hydrogen (secondary N) is 1. The molecule has 0 aliphatic rings. The lowest BCUT2D eigenvalue weighted by atomic mass is 10.7. The minimum Gasteiger partial charge on any atom is -0.466 e. The molecule has 0 bridgehead atoms. The van der Waals surface area contributed by atoms with Gasteiger partial charge >= 0.3 is 13.6 Å². The van der Waals surface area contributed by atoms with Crippen LogP contribution in [0.15, 0.2) is 0 Å². The van der Waals surface area contributed by atoms with Crippen LogP contribution in [-0.4, -0.2) is 41.6 Å². The van der Waals surface area contributed by atoms with Gasteiger partial charge in [-0.15, -0.1) is 0 Å². The standard InChI is InChI=1S/C4H11N.C4H9O5P/c1-3-5-4-2;1-2-9-4(5)3-10(6,7)8/h5H,3-4H2,1-2H3;2-3H2,1H3,(H2,6,7,8). The predicted octanol–water partition coefficient (Wildman–Crippen LogP) is 0.343. The monoisotopic (exact) mass is 241 g/mol. The average Bonchev–Trinajstić information content (AvgIpc) is 2.03. The van der Waals surface area contributed by atoms with Gasteiger partial charge < -0.3 is 19.8 Å². The first-order chi connectivity index (χ1) is 6.87. The summed E-state index contributed by atoms with van der Waals surface area (Å²) in [6, 6.07) is 0. The Bertz CT molecular complexity index is 201. The molecule has 0 aromatic carbocycles. The number of ether oxygens (including phenoxy) is 1. The second-order valence-electron chi connectivity index (χ2n) is 2.58. The highest BCUT2D eigenvalue weighted by Gasteiger charge is 2.19. The van der Waals surface area contributed by atoms with Gasteiger partial charge in [-0.1, -0.05) is 13.8 Å². The van der Waals surface area contributed by atoms with Crippen molar-refractivity contribution in [1.29, 1.82) is 0 Å². The lowest BCUT2D eigenvalue weighted by Crippen LogP contribution is -2.09. The molecule has 0 unspecified atom stereocenters. The van der Waals surface area contributed by atoms with Crippen LogP contribution in [0.1, 0.15) is 20.8 Å². The van der Waals surface area contributed by atoms with E-state index in [1.807, 2.05) is 0 Å². The Morgan fingerprint density at radius 2 is 1.73 bits per heavy atom. The van der Waals surface area contributed by atoms with Gasteiger partial charge in [0.15, 0.2) is 0 Å². The van der Waals surface area contributed by atoms with Gasteiger partial charge in [-0.2, -0.15) is 0 Å². The molecular formula is C8H20NO5P. The van der Waals surface area contributed by atoms with E-state index in [0.29, 0.717) is 0 Å². The van der Waals surface area contributed by atoms with Crippen LogP contribution in [0.5, 0.6) is 0 Å². The summed E-state index contributed by atoms with van der Waals surface area (Å²) in [6.07, 6.45) is -0.832. The summed E-state index contributed by atoms with van der Waals surface area (Å²) in [5.74, 6) is -0.865. The van der Waals surface area contributed by atoms with Crippen molar-refractivity contribution in [2.24, 2.45) is 0 Å². The van der Waals surface area contributed by atoms with Crippen LogP contribution in [-0.2, 0) is 14.1 Å². The van der Waals surface area contributed by atoms with E-state index < -0.39 is 19.7 Å². The Kier molecular flexibility index (Phi) is 11.5. The molecule has 0 saturated carbocycles. The molecule has 0 atom stereocenters. The highest BCUT2D eigenvalue weighted by Crippen LogP contribution is 2.33. The van der Waals surface area contributed by atoms with Gasteiger partial charge in [0.05, 0.1) is 6.61 Å². The number of carbonyl (C=O) groups is 1. The summed E-state index contributed by atoms with van der Waals surface area (Å²) in [4.78, 5) is 26.8. The molecule has 0 fully saturated rings. The van der Waals surface area contributed by atoms with E-state index in [1.54, 1.807) is 6.92 Å². The quantitative estimate of drug-likeness (QED) is 0.474. The predicted molar refractivity (Wildman–Crippen MR) is 57.8 cm³/mol. The summed E-state index contributed by atoms with van der Waals surface area (Å²) in [7, 11) is -4.23. The van der Waals surface area contributed by atoms with Gasteiger partial charge in [0.1, 0.15) is 6.16 Å². The van der Waals surface area contributed by atoms with Crippen LogP contribution in [0.25, 0.3) is 0 Å². The van der Waals surface area contributed by atoms with Crippen molar-refractivity contribution in [3.8, 4) is 0 Å². The van der Waals surface area contributed by atoms with E-state index in [9.17, 15) is 9.36 Å². The molecule has 0 saturated heterocycles. The Morgan fingerprint density at radius 1 is 1.27 bits per heavy atom. The minimum atomic E-state index is -4.23. The summed E-state index contributed by atoms with van der Waals surface area (Å²) < 4.78 is 14.4. The molecule has 0 aromatic heterocycles. The van der Waals surface area contributed by atoms with Gasteiger partial charge in [0.2, 0.25) is 0 Å². The zero-order valence-corrected chi connectivity index (χ0v) is 10.3. The van der Waals surface area contributed by atoms with Gasteiger partial charge in [-0.25, -0.2) is 0 Å². The van der Waals surface area contributed by atoms with E-state index >= 15 is 0 Å². The summed E-state index contributed by atoms with van der Waals surface area (Å²) in [6.45, 7) is 8.09. The SMILES string of the molecule is CCNCC.CCOC(=O)CP(=O)(O)O. The van der Waals surface area contributed by atoms with Crippen molar-refractivity contribution in [2.45, 2.75) is 20.8 Å². The van der Waals surface area contributed by atoms with Crippen LogP contribution in [0.4, 0.5) is 0 Å². The molecule has 92 valence electrons. The average molecular weight is 241 g/mol. The zero-order chi connectivity index (χ0) is 12.3. The van der Waals surface area contributed by atoms with Crippen molar-refractivity contribution >= 4 is 13.6 Å². The second kappa shape index (κ2) is 10.1. The molecule has 0 spiro atoms. The van der Waals surface area contributed by atoms with Gasteiger partial charge in [0, 0.05) is 0 Å². The Balaban J connectivity index is 0. The molecule has 7 heteroatoms. The van der Waals surface area contributed by atoms with Gasteiger partial charge in [0.25, 0.3) is 0 Å². The zero-order valence-electron chi connectivity index (χ0n) is 9.39. The molecule has 0 heterocycles. The van der Waals surface area contributed by atoms with Gasteiger partial charge in [-0.05, 0) is 20.0 Å². The Labute approximate surface area is 90.2 Å². The van der Waals surface area contributed by atoms with Gasteiger partial charge in [-0.3, -0.25) is 9.36 Å². The van der Waals surface area contributed by atoms with Crippen LogP contribution in [0.2, 0.25) is 0 Å². The number of rotatable bonds is 5. The summed E-state index contributed by atoms with van der Waals surface area (Å²) in [5.41, 5.74) is 0. The van der Waals surface area contributed by atoms with E-state index in [2.05, 4.69) is 23.9 Å². The number of hydrogen-bond acceptors (Lipinski definition) is 4. The molecule has 15 heavy (non-hydrogen) atoms. The molecule has 0 aliphatic heterocycles. The second-order valence-corrected chi connectivity index (χ2v) is 4.23. The molecule has 0 radical (unpaired) electrons. The van der Waals surface area contributed by atoms with E-state index in [0.717, 1.165) is 13.1 Å². The van der Waals surface area contributed by atoms with E-state index in [1.165, 1.54) is 0 Å². The first-order valence-electron chi connectivity index (χ1n) is 4.78. The highest BCUT2D eigenvalue weighted by molar-refractivity contribution is 7.52. The fraction of sp³-hybridized carbons (Fsp3) is 0.875. The van der Waals surface area contributed by atoms with Crippen molar-refractivity contribution in [3.63, 3.8) is 0 Å². The number of hydrogen-bond donors (Lipinski definition) is 3. The minimum absolute atomic E-state index is 0.138. The maximum absolute atomic E-state index is 10.3. The molecule has 0 amide bonds. The third-order valence-corrected chi connectivity index (χ3v) is 1.81. The molecule has 3 N–H and O–H groups in total. The first-order valence-corrected chi connectivity index (χ1v) is 6.58. The lowest BCUT2D eigenvalue weighted by Gasteiger charge is -2.01. The first kappa shape index (κ1) is 17.0. The highest BCUT2D eigenvalue weighted by atomic mass is 31.2. The topological polar surface area (TPSA) is 95.9 Å². The largest absolute Gasteiger partial charge is 0.466 e. The van der Waals surface area contributed by atoms with Crippen molar-refractivity contribution in [3.05, 3.63) is 0 Å². The van der Waals surface area contributed by atoms with Crippen LogP contribution in [0.3, 0.4) is 0 Å². The van der Waals surface area contributed by atoms with Crippen molar-refractivity contribution < 1.29 is 23.9 Å². The summed E-state index contributed by atoms with van der Waals surface area (Å²) in [5, 5.41) is 3.11. The molecule has 0 rings (SSSR count). The molecular weight excluding hydrogens is 221 g/mol. The summed E-state index contributed by atoms with van der Waals surface area (Å²) >= 11 is 0. The maximum Gasteiger partial charge on any atom is 0.336 e. The maximum atomic E-state index is 10.3. The van der Waals surface area contributed by atoms with Crippen LogP contribution < -0.4 is 5.32 Å². The fourth-order valence-corrected chi connectivity index (χ4v) is 1.05. The van der Waals surface area contributed by atoms with E-state index in [4.69, 9.17) is 9.79 Å². The third kappa shape index (κ3) is 19.8. The third-order valence-electron chi connectivity index (χ3n) is 1.14. The molecule has 6 nitrogen and oxygen atoms in total. The van der Waals surface area contributed by atoms with Crippen LogP contribution >= 0.6 is 7.60 Å². The molecule has 0 aromatic rings. The Hall–Kier alpha value is -0.420. The number of esters is 1. The molecule has 0 aliphatic carbocycles. The van der Waals surface area contributed by atoms with Crippen LogP contribution in [0, 0.1) is 0 Å². The lowest BCUT2D eigenvalue weighted by molar-refractivity contribution is -0.140. The number of carbonyl (C=O) groups excluding carboxylic acids is 1.